The van der Waals surface area contributed by atoms with Crippen LogP contribution in [0.15, 0.2) is 23.2 Å². The van der Waals surface area contributed by atoms with Crippen molar-refractivity contribution < 1.29 is 14.2 Å². The van der Waals surface area contributed by atoms with Crippen LogP contribution in [0.25, 0.3) is 0 Å². The monoisotopic (exact) mass is 545 g/mol. The summed E-state index contributed by atoms with van der Waals surface area (Å²) in [5, 5.41) is 3.49. The van der Waals surface area contributed by atoms with Crippen molar-refractivity contribution in [2.45, 2.75) is 64.6 Å². The van der Waals surface area contributed by atoms with Crippen molar-refractivity contribution in [3.63, 3.8) is 0 Å². The topological polar surface area (TPSA) is 55.3 Å². The second kappa shape index (κ2) is 14.2. The standard InChI is InChI=1S/C24H39N3O3.HI/c1-19-8-6-9-20(2)23(19)29-17-7-13-26-24(25-3)27-14-11-21(12-15-27)30-18-22-10-4-5-16-28-22;/h6,8-9,21-22H,4-5,7,10-18H2,1-3H3,(H,25,26);1H. The summed E-state index contributed by atoms with van der Waals surface area (Å²) in [4.78, 5) is 6.81. The van der Waals surface area contributed by atoms with Crippen LogP contribution in [0, 0.1) is 13.8 Å². The number of likely N-dealkylation sites (tertiary alicyclic amines) is 1. The average Bonchev–Trinajstić information content (AvgIpc) is 2.78. The normalized spacial score (nSPS) is 20.3. The minimum atomic E-state index is 0. The summed E-state index contributed by atoms with van der Waals surface area (Å²) in [6, 6.07) is 6.26. The molecule has 2 fully saturated rings. The van der Waals surface area contributed by atoms with Gasteiger partial charge in [0, 0.05) is 33.3 Å². The smallest absolute Gasteiger partial charge is 0.193 e. The molecule has 1 unspecified atom stereocenters. The molecule has 1 atom stereocenters. The number of ether oxygens (including phenoxy) is 3. The molecule has 2 saturated heterocycles. The molecule has 6 nitrogen and oxygen atoms in total. The molecule has 3 rings (SSSR count). The Morgan fingerprint density at radius 1 is 1.16 bits per heavy atom. The van der Waals surface area contributed by atoms with Gasteiger partial charge in [0.05, 0.1) is 25.4 Å². The minimum absolute atomic E-state index is 0. The number of halogens is 1. The molecule has 1 aromatic rings. The number of rotatable bonds is 8. The van der Waals surface area contributed by atoms with Gasteiger partial charge in [0.25, 0.3) is 0 Å². The second-order valence-corrected chi connectivity index (χ2v) is 8.41. The van der Waals surface area contributed by atoms with Crippen molar-refractivity contribution in [3.05, 3.63) is 29.3 Å². The molecule has 31 heavy (non-hydrogen) atoms. The van der Waals surface area contributed by atoms with E-state index in [1.54, 1.807) is 0 Å². The van der Waals surface area contributed by atoms with Gasteiger partial charge in [-0.15, -0.1) is 24.0 Å². The van der Waals surface area contributed by atoms with Crippen molar-refractivity contribution in [3.8, 4) is 5.75 Å². The van der Waals surface area contributed by atoms with Gasteiger partial charge in [-0.05, 0) is 63.5 Å². The summed E-state index contributed by atoms with van der Waals surface area (Å²) < 4.78 is 17.9. The Bertz CT molecular complexity index is 652. The number of aliphatic imine (C=N–C) groups is 1. The molecule has 0 aliphatic carbocycles. The van der Waals surface area contributed by atoms with Gasteiger partial charge in [0.1, 0.15) is 5.75 Å². The lowest BCUT2D eigenvalue weighted by molar-refractivity contribution is -0.0721. The van der Waals surface area contributed by atoms with Crippen LogP contribution >= 0.6 is 24.0 Å². The minimum Gasteiger partial charge on any atom is -0.493 e. The van der Waals surface area contributed by atoms with Crippen molar-refractivity contribution in [1.82, 2.24) is 10.2 Å². The summed E-state index contributed by atoms with van der Waals surface area (Å²) in [6.45, 7) is 9.35. The van der Waals surface area contributed by atoms with Gasteiger partial charge in [-0.1, -0.05) is 18.2 Å². The molecule has 0 amide bonds. The van der Waals surface area contributed by atoms with Crippen LogP contribution in [-0.4, -0.2) is 69.6 Å². The molecule has 176 valence electrons. The van der Waals surface area contributed by atoms with Gasteiger partial charge in [-0.2, -0.15) is 0 Å². The van der Waals surface area contributed by atoms with Crippen LogP contribution in [0.5, 0.6) is 5.75 Å². The number of benzene rings is 1. The highest BCUT2D eigenvalue weighted by atomic mass is 127. The van der Waals surface area contributed by atoms with Gasteiger partial charge in [0.15, 0.2) is 5.96 Å². The Kier molecular flexibility index (Phi) is 12.0. The maximum absolute atomic E-state index is 6.13. The molecule has 2 aliphatic rings. The predicted octanol–water partition coefficient (Wildman–Crippen LogP) is 4.32. The number of para-hydroxylation sites is 1. The van der Waals surface area contributed by atoms with Gasteiger partial charge in [-0.3, -0.25) is 4.99 Å². The van der Waals surface area contributed by atoms with Crippen molar-refractivity contribution >= 4 is 29.9 Å². The summed E-state index contributed by atoms with van der Waals surface area (Å²) in [5.74, 6) is 2.00. The molecule has 0 spiro atoms. The van der Waals surface area contributed by atoms with Crippen LogP contribution in [0.4, 0.5) is 0 Å². The fraction of sp³-hybridized carbons (Fsp3) is 0.708. The summed E-state index contributed by atoms with van der Waals surface area (Å²) in [5.41, 5.74) is 2.39. The van der Waals surface area contributed by atoms with E-state index in [0.717, 1.165) is 70.2 Å². The molecule has 0 radical (unpaired) electrons. The van der Waals surface area contributed by atoms with Crippen LogP contribution in [0.1, 0.15) is 49.7 Å². The van der Waals surface area contributed by atoms with E-state index in [2.05, 4.69) is 47.3 Å². The fourth-order valence-corrected chi connectivity index (χ4v) is 4.22. The first-order valence-electron chi connectivity index (χ1n) is 11.5. The highest BCUT2D eigenvalue weighted by Crippen LogP contribution is 2.22. The Hall–Kier alpha value is -1.06. The van der Waals surface area contributed by atoms with E-state index in [9.17, 15) is 0 Å². The van der Waals surface area contributed by atoms with Crippen molar-refractivity contribution in [2.24, 2.45) is 4.99 Å². The molecule has 0 aromatic heterocycles. The van der Waals surface area contributed by atoms with E-state index < -0.39 is 0 Å². The van der Waals surface area contributed by atoms with Crippen molar-refractivity contribution in [2.75, 3.05) is 46.5 Å². The maximum Gasteiger partial charge on any atom is 0.193 e. The number of hydrogen-bond acceptors (Lipinski definition) is 4. The number of hydrogen-bond donors (Lipinski definition) is 1. The summed E-state index contributed by atoms with van der Waals surface area (Å²) in [6.07, 6.45) is 7.28. The molecular formula is C24H40IN3O3. The third-order valence-electron chi connectivity index (χ3n) is 6.00. The Balaban J connectivity index is 0.00000341. The van der Waals surface area contributed by atoms with E-state index in [-0.39, 0.29) is 24.0 Å². The quantitative estimate of drug-likeness (QED) is 0.228. The molecule has 0 saturated carbocycles. The van der Waals surface area contributed by atoms with Gasteiger partial charge < -0.3 is 24.4 Å². The Morgan fingerprint density at radius 3 is 2.55 bits per heavy atom. The third-order valence-corrected chi connectivity index (χ3v) is 6.00. The lowest BCUT2D eigenvalue weighted by Crippen LogP contribution is -2.47. The fourth-order valence-electron chi connectivity index (χ4n) is 4.22. The molecule has 1 aromatic carbocycles. The van der Waals surface area contributed by atoms with Crippen molar-refractivity contribution in [1.29, 1.82) is 0 Å². The largest absolute Gasteiger partial charge is 0.493 e. The highest BCUT2D eigenvalue weighted by Gasteiger charge is 2.23. The number of nitrogens with zero attached hydrogens (tertiary/aromatic N) is 2. The SMILES string of the molecule is CN=C(NCCCOc1c(C)cccc1C)N1CCC(OCC2CCCCO2)CC1.I. The zero-order chi connectivity index (χ0) is 21.2. The molecule has 2 aliphatic heterocycles. The number of aryl methyl sites for hydroxylation is 2. The summed E-state index contributed by atoms with van der Waals surface area (Å²) in [7, 11) is 1.86. The second-order valence-electron chi connectivity index (χ2n) is 8.41. The van der Waals surface area contributed by atoms with Gasteiger partial charge in [-0.25, -0.2) is 0 Å². The first kappa shape index (κ1) is 26.2. The number of nitrogens with one attached hydrogen (secondary N) is 1. The van der Waals surface area contributed by atoms with Gasteiger partial charge >= 0.3 is 0 Å². The zero-order valence-electron chi connectivity index (χ0n) is 19.4. The van der Waals surface area contributed by atoms with E-state index in [4.69, 9.17) is 14.2 Å². The van der Waals surface area contributed by atoms with Crippen LogP contribution in [-0.2, 0) is 9.47 Å². The molecular weight excluding hydrogens is 505 g/mol. The molecule has 1 N–H and O–H groups in total. The molecule has 2 heterocycles. The summed E-state index contributed by atoms with van der Waals surface area (Å²) >= 11 is 0. The first-order valence-corrected chi connectivity index (χ1v) is 11.5. The first-order chi connectivity index (χ1) is 14.7. The van der Waals surface area contributed by atoms with E-state index in [1.807, 2.05) is 7.05 Å². The third kappa shape index (κ3) is 8.42. The van der Waals surface area contributed by atoms with E-state index in [1.165, 1.54) is 24.0 Å². The number of guanidine groups is 1. The average molecular weight is 546 g/mol. The number of piperidine rings is 1. The Morgan fingerprint density at radius 2 is 1.90 bits per heavy atom. The van der Waals surface area contributed by atoms with Crippen LogP contribution in [0.3, 0.4) is 0 Å². The van der Waals surface area contributed by atoms with E-state index in [0.29, 0.717) is 18.8 Å². The van der Waals surface area contributed by atoms with E-state index >= 15 is 0 Å². The Labute approximate surface area is 205 Å². The molecule has 0 bridgehead atoms. The van der Waals surface area contributed by atoms with Crippen LogP contribution in [0.2, 0.25) is 0 Å². The van der Waals surface area contributed by atoms with Crippen LogP contribution < -0.4 is 10.1 Å². The lowest BCUT2D eigenvalue weighted by Gasteiger charge is -2.35. The molecule has 7 heteroatoms. The highest BCUT2D eigenvalue weighted by molar-refractivity contribution is 14.0. The zero-order valence-corrected chi connectivity index (χ0v) is 21.7. The maximum atomic E-state index is 6.13. The van der Waals surface area contributed by atoms with Gasteiger partial charge in [0.2, 0.25) is 0 Å². The predicted molar refractivity (Wildman–Crippen MR) is 137 cm³/mol. The lowest BCUT2D eigenvalue weighted by atomic mass is 10.1.